The molecule has 4 heteroatoms. The number of rotatable bonds is 4. The summed E-state index contributed by atoms with van der Waals surface area (Å²) in [4.78, 5) is 13.0. The van der Waals surface area contributed by atoms with Crippen molar-refractivity contribution in [1.82, 2.24) is 0 Å². The Morgan fingerprint density at radius 3 is 2.50 bits per heavy atom. The number of carbonyl (C=O) groups is 1. The molecule has 1 fully saturated rings. The van der Waals surface area contributed by atoms with E-state index in [4.69, 9.17) is 0 Å². The number of carbonyl (C=O) groups excluding carboxylic acids is 1. The average Bonchev–Trinajstić information content (AvgIpc) is 2.76. The van der Waals surface area contributed by atoms with E-state index in [2.05, 4.69) is 5.32 Å². The highest BCUT2D eigenvalue weighted by Gasteiger charge is 2.33. The van der Waals surface area contributed by atoms with Gasteiger partial charge in [0.15, 0.2) is 0 Å². The van der Waals surface area contributed by atoms with Gasteiger partial charge < -0.3 is 10.4 Å². The van der Waals surface area contributed by atoms with Crippen molar-refractivity contribution in [3.63, 3.8) is 0 Å². The Morgan fingerprint density at radius 1 is 1.33 bits per heavy atom. The van der Waals surface area contributed by atoms with Crippen molar-refractivity contribution in [3.8, 4) is 0 Å². The third-order valence-electron chi connectivity index (χ3n) is 3.40. The van der Waals surface area contributed by atoms with Crippen LogP contribution in [0.25, 0.3) is 0 Å². The van der Waals surface area contributed by atoms with E-state index < -0.39 is 5.60 Å². The Labute approximate surface area is 112 Å². The fourth-order valence-electron chi connectivity index (χ4n) is 2.39. The summed E-state index contributed by atoms with van der Waals surface area (Å²) < 4.78 is 0. The molecule has 0 aliphatic heterocycles. The van der Waals surface area contributed by atoms with Gasteiger partial charge >= 0.3 is 0 Å². The Balaban J connectivity index is 1.90. The maximum Gasteiger partial charge on any atom is 0.227 e. The number of hydrogen-bond acceptors (Lipinski definition) is 3. The van der Waals surface area contributed by atoms with E-state index in [1.165, 1.54) is 4.90 Å². The van der Waals surface area contributed by atoms with Crippen molar-refractivity contribution in [3.05, 3.63) is 24.3 Å². The molecule has 98 valence electrons. The summed E-state index contributed by atoms with van der Waals surface area (Å²) in [5, 5.41) is 13.0. The molecule has 18 heavy (non-hydrogen) atoms. The summed E-state index contributed by atoms with van der Waals surface area (Å²) in [5.41, 5.74) is 0.0166. The lowest BCUT2D eigenvalue weighted by Gasteiger charge is -2.21. The van der Waals surface area contributed by atoms with Crippen molar-refractivity contribution >= 4 is 23.4 Å². The largest absolute Gasteiger partial charge is 0.389 e. The first-order chi connectivity index (χ1) is 8.61. The number of nitrogens with one attached hydrogen (secondary N) is 1. The van der Waals surface area contributed by atoms with Gasteiger partial charge in [0.25, 0.3) is 0 Å². The monoisotopic (exact) mass is 265 g/mol. The second-order valence-electron chi connectivity index (χ2n) is 4.88. The van der Waals surface area contributed by atoms with Crippen LogP contribution in [0.5, 0.6) is 0 Å². The maximum absolute atomic E-state index is 11.9. The number of anilines is 1. The molecule has 0 radical (unpaired) electrons. The summed E-state index contributed by atoms with van der Waals surface area (Å²) in [5.74, 6) is -0.101. The molecule has 1 saturated carbocycles. The summed E-state index contributed by atoms with van der Waals surface area (Å²) in [6, 6.07) is 7.74. The zero-order valence-electron chi connectivity index (χ0n) is 10.6. The molecule has 1 aliphatic carbocycles. The van der Waals surface area contributed by atoms with Gasteiger partial charge in [-0.15, -0.1) is 11.8 Å². The quantitative estimate of drug-likeness (QED) is 0.823. The fourth-order valence-corrected chi connectivity index (χ4v) is 2.80. The van der Waals surface area contributed by atoms with E-state index >= 15 is 0 Å². The van der Waals surface area contributed by atoms with Crippen molar-refractivity contribution < 1.29 is 9.90 Å². The van der Waals surface area contributed by atoms with Gasteiger partial charge in [-0.1, -0.05) is 12.8 Å². The molecule has 0 aromatic heterocycles. The second kappa shape index (κ2) is 5.76. The van der Waals surface area contributed by atoms with E-state index in [1.807, 2.05) is 30.5 Å². The normalized spacial score (nSPS) is 17.7. The molecule has 1 aromatic rings. The summed E-state index contributed by atoms with van der Waals surface area (Å²) in [6.07, 6.45) is 5.75. The van der Waals surface area contributed by atoms with Crippen LogP contribution in [0.4, 0.5) is 5.69 Å². The van der Waals surface area contributed by atoms with Gasteiger partial charge in [-0.2, -0.15) is 0 Å². The molecule has 0 saturated heterocycles. The molecule has 2 rings (SSSR count). The van der Waals surface area contributed by atoms with E-state index in [0.717, 1.165) is 31.4 Å². The minimum Gasteiger partial charge on any atom is -0.389 e. The number of benzene rings is 1. The van der Waals surface area contributed by atoms with Crippen LogP contribution in [0.15, 0.2) is 29.2 Å². The summed E-state index contributed by atoms with van der Waals surface area (Å²) >= 11 is 1.67. The van der Waals surface area contributed by atoms with E-state index in [0.29, 0.717) is 0 Å². The van der Waals surface area contributed by atoms with Gasteiger partial charge in [0, 0.05) is 10.6 Å². The van der Waals surface area contributed by atoms with Gasteiger partial charge in [-0.05, 0) is 43.4 Å². The van der Waals surface area contributed by atoms with Gasteiger partial charge in [0.2, 0.25) is 5.91 Å². The number of thioether (sulfide) groups is 1. The first-order valence-corrected chi connectivity index (χ1v) is 7.50. The fraction of sp³-hybridized carbons (Fsp3) is 0.500. The van der Waals surface area contributed by atoms with Crippen LogP contribution in [0.2, 0.25) is 0 Å². The van der Waals surface area contributed by atoms with Gasteiger partial charge in [-0.3, -0.25) is 4.79 Å². The maximum atomic E-state index is 11.9. The standard InChI is InChI=1S/C14H19NO2S/c1-18-12-6-4-11(5-7-12)15-13(16)10-14(17)8-2-3-9-14/h4-7,17H,2-3,8-10H2,1H3,(H,15,16). The molecule has 0 heterocycles. The van der Waals surface area contributed by atoms with E-state index in [1.54, 1.807) is 11.8 Å². The Kier molecular flexibility index (Phi) is 4.30. The Hall–Kier alpha value is -1.00. The minimum absolute atomic E-state index is 0.101. The molecular formula is C14H19NO2S. The summed E-state index contributed by atoms with van der Waals surface area (Å²) in [6.45, 7) is 0. The average molecular weight is 265 g/mol. The zero-order chi connectivity index (χ0) is 13.0. The van der Waals surface area contributed by atoms with Crippen LogP contribution in [0.1, 0.15) is 32.1 Å². The number of aliphatic hydroxyl groups is 1. The molecule has 1 aromatic carbocycles. The molecule has 0 unspecified atom stereocenters. The van der Waals surface area contributed by atoms with E-state index in [-0.39, 0.29) is 12.3 Å². The van der Waals surface area contributed by atoms with Crippen molar-refractivity contribution in [2.45, 2.75) is 42.6 Å². The first-order valence-electron chi connectivity index (χ1n) is 6.28. The highest BCUT2D eigenvalue weighted by molar-refractivity contribution is 7.98. The van der Waals surface area contributed by atoms with Gasteiger partial charge in [0.05, 0.1) is 12.0 Å². The number of hydrogen-bond donors (Lipinski definition) is 2. The molecule has 3 nitrogen and oxygen atoms in total. The van der Waals surface area contributed by atoms with Gasteiger partial charge in [-0.25, -0.2) is 0 Å². The molecule has 2 N–H and O–H groups in total. The molecule has 0 bridgehead atoms. The van der Waals surface area contributed by atoms with Crippen molar-refractivity contribution in [2.24, 2.45) is 0 Å². The van der Waals surface area contributed by atoms with Crippen LogP contribution in [0, 0.1) is 0 Å². The Bertz CT molecular complexity index is 410. The van der Waals surface area contributed by atoms with E-state index in [9.17, 15) is 9.90 Å². The highest BCUT2D eigenvalue weighted by atomic mass is 32.2. The third kappa shape index (κ3) is 3.50. The molecular weight excluding hydrogens is 246 g/mol. The predicted molar refractivity (Wildman–Crippen MR) is 74.9 cm³/mol. The van der Waals surface area contributed by atoms with Crippen LogP contribution in [-0.2, 0) is 4.79 Å². The van der Waals surface area contributed by atoms with Crippen LogP contribution in [0.3, 0.4) is 0 Å². The van der Waals surface area contributed by atoms with Crippen LogP contribution >= 0.6 is 11.8 Å². The SMILES string of the molecule is CSc1ccc(NC(=O)CC2(O)CCCC2)cc1. The molecule has 1 amide bonds. The lowest BCUT2D eigenvalue weighted by atomic mass is 9.97. The smallest absolute Gasteiger partial charge is 0.227 e. The first kappa shape index (κ1) is 13.4. The lowest BCUT2D eigenvalue weighted by Crippen LogP contribution is -2.30. The molecule has 0 atom stereocenters. The third-order valence-corrected chi connectivity index (χ3v) is 4.14. The van der Waals surface area contributed by atoms with Gasteiger partial charge in [0.1, 0.15) is 0 Å². The van der Waals surface area contributed by atoms with Crippen molar-refractivity contribution in [1.29, 1.82) is 0 Å². The second-order valence-corrected chi connectivity index (χ2v) is 5.76. The Morgan fingerprint density at radius 2 is 1.94 bits per heavy atom. The lowest BCUT2D eigenvalue weighted by molar-refractivity contribution is -0.120. The minimum atomic E-state index is -0.775. The highest BCUT2D eigenvalue weighted by Crippen LogP contribution is 2.32. The summed E-state index contributed by atoms with van der Waals surface area (Å²) in [7, 11) is 0. The number of amides is 1. The van der Waals surface area contributed by atoms with Crippen LogP contribution in [-0.4, -0.2) is 22.9 Å². The zero-order valence-corrected chi connectivity index (χ0v) is 11.4. The topological polar surface area (TPSA) is 49.3 Å². The van der Waals surface area contributed by atoms with Crippen molar-refractivity contribution in [2.75, 3.05) is 11.6 Å². The predicted octanol–water partition coefficient (Wildman–Crippen LogP) is 3.04. The molecule has 0 spiro atoms. The molecule has 1 aliphatic rings. The van der Waals surface area contributed by atoms with Crippen LogP contribution < -0.4 is 5.32 Å².